The predicted molar refractivity (Wildman–Crippen MR) is 102 cm³/mol. The first-order valence-electron chi connectivity index (χ1n) is 8.91. The van der Waals surface area contributed by atoms with E-state index >= 15 is 0 Å². The Morgan fingerprint density at radius 2 is 1.92 bits per heavy atom. The molecule has 2 aromatic carbocycles. The second-order valence-corrected chi connectivity index (χ2v) is 6.78. The van der Waals surface area contributed by atoms with Gasteiger partial charge in [0.2, 0.25) is 5.91 Å². The van der Waals surface area contributed by atoms with Crippen LogP contribution in [0.15, 0.2) is 60.8 Å². The molecule has 3 aromatic rings. The molecule has 1 aromatic heterocycles. The van der Waals surface area contributed by atoms with Gasteiger partial charge >= 0.3 is 0 Å². The smallest absolute Gasteiger partial charge is 0.224 e. The van der Waals surface area contributed by atoms with Gasteiger partial charge in [-0.2, -0.15) is 0 Å². The first-order chi connectivity index (χ1) is 12.3. The molecule has 4 heteroatoms. The van der Waals surface area contributed by atoms with Crippen molar-refractivity contribution in [2.45, 2.75) is 12.8 Å². The molecule has 0 aliphatic carbocycles. The van der Waals surface area contributed by atoms with Gasteiger partial charge in [-0.25, -0.2) is 0 Å². The number of anilines is 1. The lowest BCUT2D eigenvalue weighted by Crippen LogP contribution is -2.32. The summed E-state index contributed by atoms with van der Waals surface area (Å²) in [5, 5.41) is 4.25. The molecular weight excluding hydrogens is 310 g/mol. The van der Waals surface area contributed by atoms with Crippen LogP contribution in [-0.2, 0) is 11.2 Å². The van der Waals surface area contributed by atoms with Gasteiger partial charge < -0.3 is 15.2 Å². The van der Waals surface area contributed by atoms with E-state index in [1.54, 1.807) is 0 Å². The van der Waals surface area contributed by atoms with E-state index in [0.717, 1.165) is 42.5 Å². The molecule has 2 N–H and O–H groups in total. The number of aromatic nitrogens is 1. The summed E-state index contributed by atoms with van der Waals surface area (Å²) in [5.41, 5.74) is 3.42. The highest BCUT2D eigenvalue weighted by molar-refractivity contribution is 5.88. The second-order valence-electron chi connectivity index (χ2n) is 6.78. The lowest BCUT2D eigenvalue weighted by atomic mass is 10.1. The third kappa shape index (κ3) is 3.53. The van der Waals surface area contributed by atoms with Crippen molar-refractivity contribution in [2.24, 2.45) is 5.92 Å². The average molecular weight is 333 g/mol. The first-order valence-corrected chi connectivity index (χ1v) is 8.91. The van der Waals surface area contributed by atoms with Gasteiger partial charge in [0.25, 0.3) is 0 Å². The van der Waals surface area contributed by atoms with Gasteiger partial charge in [-0.05, 0) is 36.1 Å². The second kappa shape index (κ2) is 7.01. The Kier molecular flexibility index (Phi) is 4.42. The number of carbonyl (C=O) groups excluding carboxylic acids is 1. The quantitative estimate of drug-likeness (QED) is 0.752. The number of carbonyl (C=O) groups is 1. The normalized spacial score (nSPS) is 17.1. The summed E-state index contributed by atoms with van der Waals surface area (Å²) in [6.07, 6.45) is 3.50. The molecule has 0 spiro atoms. The van der Waals surface area contributed by atoms with Crippen molar-refractivity contribution in [3.63, 3.8) is 0 Å². The minimum atomic E-state index is 0.0999. The van der Waals surface area contributed by atoms with E-state index in [-0.39, 0.29) is 5.91 Å². The molecular formula is C21H23N3O. The number of hydrogen-bond donors (Lipinski definition) is 2. The van der Waals surface area contributed by atoms with Crippen molar-refractivity contribution in [2.75, 3.05) is 24.5 Å². The van der Waals surface area contributed by atoms with Crippen molar-refractivity contribution < 1.29 is 4.79 Å². The van der Waals surface area contributed by atoms with Gasteiger partial charge in [0.05, 0.1) is 6.42 Å². The lowest BCUT2D eigenvalue weighted by molar-refractivity contribution is -0.120. The van der Waals surface area contributed by atoms with Crippen molar-refractivity contribution in [3.8, 4) is 0 Å². The zero-order valence-corrected chi connectivity index (χ0v) is 14.2. The SMILES string of the molecule is O=C(Cc1c[nH]c2ccccc12)NCC1CCN(c2ccccc2)C1. The van der Waals surface area contributed by atoms with Crippen molar-refractivity contribution in [1.29, 1.82) is 0 Å². The van der Waals surface area contributed by atoms with Crippen molar-refractivity contribution >= 4 is 22.5 Å². The number of para-hydroxylation sites is 2. The van der Waals surface area contributed by atoms with Gasteiger partial charge in [-0.1, -0.05) is 36.4 Å². The van der Waals surface area contributed by atoms with Gasteiger partial charge in [-0.15, -0.1) is 0 Å². The summed E-state index contributed by atoms with van der Waals surface area (Å²) >= 11 is 0. The molecule has 0 radical (unpaired) electrons. The number of benzene rings is 2. The summed E-state index contributed by atoms with van der Waals surface area (Å²) in [6, 6.07) is 18.6. The van der Waals surface area contributed by atoms with E-state index in [0.29, 0.717) is 12.3 Å². The molecule has 1 amide bonds. The number of amides is 1. The van der Waals surface area contributed by atoms with Crippen LogP contribution in [0.4, 0.5) is 5.69 Å². The highest BCUT2D eigenvalue weighted by atomic mass is 16.1. The Labute approximate surface area is 147 Å². The summed E-state index contributed by atoms with van der Waals surface area (Å²) in [4.78, 5) is 18.0. The molecule has 128 valence electrons. The molecule has 25 heavy (non-hydrogen) atoms. The lowest BCUT2D eigenvalue weighted by Gasteiger charge is -2.18. The largest absolute Gasteiger partial charge is 0.371 e. The first kappa shape index (κ1) is 15.8. The number of fused-ring (bicyclic) bond motifs is 1. The highest BCUT2D eigenvalue weighted by Crippen LogP contribution is 2.23. The Balaban J connectivity index is 1.29. The fourth-order valence-electron chi connectivity index (χ4n) is 3.64. The highest BCUT2D eigenvalue weighted by Gasteiger charge is 2.23. The molecule has 0 bridgehead atoms. The van der Waals surface area contributed by atoms with Crippen LogP contribution in [0, 0.1) is 5.92 Å². The topological polar surface area (TPSA) is 48.1 Å². The predicted octanol–water partition coefficient (Wildman–Crippen LogP) is 3.35. The van der Waals surface area contributed by atoms with Gasteiger partial charge in [0, 0.05) is 42.4 Å². The zero-order valence-electron chi connectivity index (χ0n) is 14.2. The number of H-pyrrole nitrogens is 1. The average Bonchev–Trinajstić information content (AvgIpc) is 3.28. The van der Waals surface area contributed by atoms with E-state index in [4.69, 9.17) is 0 Å². The van der Waals surface area contributed by atoms with Crippen LogP contribution >= 0.6 is 0 Å². The third-order valence-electron chi connectivity index (χ3n) is 5.02. The Morgan fingerprint density at radius 3 is 2.80 bits per heavy atom. The Hall–Kier alpha value is -2.75. The molecule has 0 saturated carbocycles. The number of hydrogen-bond acceptors (Lipinski definition) is 2. The number of nitrogens with zero attached hydrogens (tertiary/aromatic N) is 1. The molecule has 1 fully saturated rings. The maximum Gasteiger partial charge on any atom is 0.224 e. The summed E-state index contributed by atoms with van der Waals surface area (Å²) in [6.45, 7) is 2.83. The molecule has 4 rings (SSSR count). The van der Waals surface area contributed by atoms with Crippen LogP contribution in [0.1, 0.15) is 12.0 Å². The van der Waals surface area contributed by atoms with E-state index in [1.807, 2.05) is 30.5 Å². The molecule has 1 atom stereocenters. The summed E-state index contributed by atoms with van der Waals surface area (Å²) in [5.74, 6) is 0.620. The van der Waals surface area contributed by atoms with Crippen LogP contribution in [0.2, 0.25) is 0 Å². The van der Waals surface area contributed by atoms with Crippen LogP contribution < -0.4 is 10.2 Å². The van der Waals surface area contributed by atoms with Crippen LogP contribution in [-0.4, -0.2) is 30.5 Å². The molecule has 1 aliphatic heterocycles. The van der Waals surface area contributed by atoms with Gasteiger partial charge in [-0.3, -0.25) is 4.79 Å². The maximum absolute atomic E-state index is 12.3. The number of rotatable bonds is 5. The minimum absolute atomic E-state index is 0.0999. The number of nitrogens with one attached hydrogen (secondary N) is 2. The molecule has 1 saturated heterocycles. The molecule has 1 unspecified atom stereocenters. The maximum atomic E-state index is 12.3. The zero-order chi connectivity index (χ0) is 17.1. The van der Waals surface area contributed by atoms with Crippen LogP contribution in [0.3, 0.4) is 0 Å². The third-order valence-corrected chi connectivity index (χ3v) is 5.02. The van der Waals surface area contributed by atoms with Crippen molar-refractivity contribution in [3.05, 3.63) is 66.4 Å². The van der Waals surface area contributed by atoms with Crippen LogP contribution in [0.25, 0.3) is 10.9 Å². The molecule has 2 heterocycles. The molecule has 1 aliphatic rings. The summed E-state index contributed by atoms with van der Waals surface area (Å²) < 4.78 is 0. The minimum Gasteiger partial charge on any atom is -0.371 e. The summed E-state index contributed by atoms with van der Waals surface area (Å²) in [7, 11) is 0. The van der Waals surface area contributed by atoms with Gasteiger partial charge in [0.1, 0.15) is 0 Å². The van der Waals surface area contributed by atoms with E-state index in [2.05, 4.69) is 45.5 Å². The van der Waals surface area contributed by atoms with E-state index in [9.17, 15) is 4.79 Å². The monoisotopic (exact) mass is 333 g/mol. The van der Waals surface area contributed by atoms with Gasteiger partial charge in [0.15, 0.2) is 0 Å². The molecule has 4 nitrogen and oxygen atoms in total. The Bertz CT molecular complexity index is 856. The van der Waals surface area contributed by atoms with Crippen LogP contribution in [0.5, 0.6) is 0 Å². The standard InChI is InChI=1S/C21H23N3O/c25-21(12-17-14-22-20-9-5-4-8-19(17)20)23-13-16-10-11-24(15-16)18-6-2-1-3-7-18/h1-9,14,16,22H,10-13,15H2,(H,23,25). The van der Waals surface area contributed by atoms with Crippen molar-refractivity contribution in [1.82, 2.24) is 10.3 Å². The fraction of sp³-hybridized carbons (Fsp3) is 0.286. The van der Waals surface area contributed by atoms with E-state index < -0.39 is 0 Å². The fourth-order valence-corrected chi connectivity index (χ4v) is 3.64. The van der Waals surface area contributed by atoms with E-state index in [1.165, 1.54) is 5.69 Å². The number of aromatic amines is 1. The Morgan fingerprint density at radius 1 is 1.12 bits per heavy atom.